The van der Waals surface area contributed by atoms with Gasteiger partial charge in [-0.1, -0.05) is 26.0 Å². The number of nitrogens with zero attached hydrogens (tertiary/aromatic N) is 1. The summed E-state index contributed by atoms with van der Waals surface area (Å²) in [4.78, 5) is 2.59. The molecule has 0 spiro atoms. The summed E-state index contributed by atoms with van der Waals surface area (Å²) in [5.74, 6) is 0.666. The van der Waals surface area contributed by atoms with Crippen molar-refractivity contribution in [3.63, 3.8) is 0 Å². The average Bonchev–Trinajstić information content (AvgIpc) is 2.38. The van der Waals surface area contributed by atoms with E-state index >= 15 is 0 Å². The van der Waals surface area contributed by atoms with Crippen LogP contribution in [0.25, 0.3) is 0 Å². The van der Waals surface area contributed by atoms with Gasteiger partial charge in [-0.2, -0.15) is 0 Å². The zero-order valence-electron chi connectivity index (χ0n) is 12.3. The van der Waals surface area contributed by atoms with Crippen LogP contribution in [0.2, 0.25) is 0 Å². The van der Waals surface area contributed by atoms with Crippen LogP contribution in [0.5, 0.6) is 0 Å². The number of rotatable bonds is 3. The van der Waals surface area contributed by atoms with Crippen molar-refractivity contribution in [3.05, 3.63) is 28.8 Å². The minimum atomic E-state index is 0.207. The summed E-state index contributed by atoms with van der Waals surface area (Å²) in [5, 5.41) is 0. The topological polar surface area (TPSA) is 29.3 Å². The Morgan fingerprint density at radius 1 is 1.11 bits per heavy atom. The van der Waals surface area contributed by atoms with Crippen molar-refractivity contribution in [3.8, 4) is 0 Å². The molecule has 2 N–H and O–H groups in total. The van der Waals surface area contributed by atoms with Gasteiger partial charge in [0.05, 0.1) is 0 Å². The van der Waals surface area contributed by atoms with Gasteiger partial charge in [-0.05, 0) is 54.7 Å². The third kappa shape index (κ3) is 2.51. The molecule has 1 atom stereocenters. The van der Waals surface area contributed by atoms with Gasteiger partial charge in [0.2, 0.25) is 0 Å². The molecule has 0 radical (unpaired) electrons. The van der Waals surface area contributed by atoms with E-state index in [1.54, 1.807) is 16.8 Å². The third-order valence-electron chi connectivity index (χ3n) is 4.51. The lowest BCUT2D eigenvalue weighted by atomic mass is 9.87. The molecular weight excluding hydrogens is 232 g/mol. The second-order valence-electron chi connectivity index (χ2n) is 6.62. The summed E-state index contributed by atoms with van der Waals surface area (Å²) in [6.07, 6.45) is 6.16. The van der Waals surface area contributed by atoms with Gasteiger partial charge in [0.1, 0.15) is 0 Å². The van der Waals surface area contributed by atoms with Crippen LogP contribution in [0.1, 0.15) is 55.8 Å². The average molecular weight is 258 g/mol. The van der Waals surface area contributed by atoms with Gasteiger partial charge in [-0.15, -0.1) is 0 Å². The van der Waals surface area contributed by atoms with E-state index in [-0.39, 0.29) is 6.04 Å². The van der Waals surface area contributed by atoms with Crippen LogP contribution in [0.4, 0.5) is 5.69 Å². The molecule has 0 saturated carbocycles. The number of benzene rings is 1. The molecule has 1 unspecified atom stereocenters. The highest BCUT2D eigenvalue weighted by atomic mass is 15.1. The zero-order chi connectivity index (χ0) is 13.4. The van der Waals surface area contributed by atoms with E-state index in [2.05, 4.69) is 30.9 Å². The SMILES string of the molecule is CC(C)CC(N)c1cc2c3c(c1)CCCN3CCC2. The van der Waals surface area contributed by atoms with Crippen molar-refractivity contribution in [2.24, 2.45) is 11.7 Å². The van der Waals surface area contributed by atoms with E-state index in [0.717, 1.165) is 6.42 Å². The highest BCUT2D eigenvalue weighted by molar-refractivity contribution is 5.64. The lowest BCUT2D eigenvalue weighted by molar-refractivity contribution is 0.508. The van der Waals surface area contributed by atoms with Gasteiger partial charge >= 0.3 is 0 Å². The van der Waals surface area contributed by atoms with E-state index in [1.165, 1.54) is 44.3 Å². The molecule has 19 heavy (non-hydrogen) atoms. The van der Waals surface area contributed by atoms with E-state index < -0.39 is 0 Å². The molecule has 2 nitrogen and oxygen atoms in total. The quantitative estimate of drug-likeness (QED) is 0.900. The van der Waals surface area contributed by atoms with Crippen molar-refractivity contribution >= 4 is 5.69 Å². The maximum Gasteiger partial charge on any atom is 0.0431 e. The van der Waals surface area contributed by atoms with Crippen molar-refractivity contribution < 1.29 is 0 Å². The fraction of sp³-hybridized carbons (Fsp3) is 0.647. The molecule has 104 valence electrons. The predicted molar refractivity (Wildman–Crippen MR) is 81.7 cm³/mol. The van der Waals surface area contributed by atoms with E-state index in [4.69, 9.17) is 5.73 Å². The number of nitrogens with two attached hydrogens (primary N) is 1. The summed E-state index contributed by atoms with van der Waals surface area (Å²) in [6.45, 7) is 7.00. The minimum absolute atomic E-state index is 0.207. The first-order valence-corrected chi connectivity index (χ1v) is 7.81. The summed E-state index contributed by atoms with van der Waals surface area (Å²) >= 11 is 0. The molecule has 2 aliphatic rings. The molecule has 0 aromatic heterocycles. The fourth-order valence-corrected chi connectivity index (χ4v) is 3.69. The molecule has 0 aliphatic carbocycles. The van der Waals surface area contributed by atoms with Gasteiger partial charge in [-0.3, -0.25) is 0 Å². The van der Waals surface area contributed by atoms with Gasteiger partial charge in [0.25, 0.3) is 0 Å². The predicted octanol–water partition coefficient (Wildman–Crippen LogP) is 3.43. The summed E-state index contributed by atoms with van der Waals surface area (Å²) in [7, 11) is 0. The molecule has 0 saturated heterocycles. The van der Waals surface area contributed by atoms with Gasteiger partial charge in [-0.25, -0.2) is 0 Å². The maximum atomic E-state index is 6.39. The Labute approximate surface area is 117 Å². The first-order valence-electron chi connectivity index (χ1n) is 7.81. The van der Waals surface area contributed by atoms with Gasteiger partial charge in [0, 0.05) is 24.8 Å². The lowest BCUT2D eigenvalue weighted by Gasteiger charge is -2.37. The van der Waals surface area contributed by atoms with Crippen molar-refractivity contribution in [1.82, 2.24) is 0 Å². The Bertz CT molecular complexity index is 433. The van der Waals surface area contributed by atoms with E-state index in [1.807, 2.05) is 0 Å². The van der Waals surface area contributed by atoms with E-state index in [9.17, 15) is 0 Å². The fourth-order valence-electron chi connectivity index (χ4n) is 3.69. The third-order valence-corrected chi connectivity index (χ3v) is 4.51. The standard InChI is InChI=1S/C17H26N2/c1-12(2)9-16(18)15-10-13-5-3-7-19-8-4-6-14(11-15)17(13)19/h10-12,16H,3-9,18H2,1-2H3. The molecular formula is C17H26N2. The van der Waals surface area contributed by atoms with E-state index in [0.29, 0.717) is 5.92 Å². The largest absolute Gasteiger partial charge is 0.371 e. The van der Waals surface area contributed by atoms with Crippen molar-refractivity contribution in [1.29, 1.82) is 0 Å². The Morgan fingerprint density at radius 2 is 1.68 bits per heavy atom. The lowest BCUT2D eigenvalue weighted by Crippen LogP contribution is -2.34. The molecule has 3 rings (SSSR count). The van der Waals surface area contributed by atoms with Crippen molar-refractivity contribution in [2.75, 3.05) is 18.0 Å². The summed E-state index contributed by atoms with van der Waals surface area (Å²) < 4.78 is 0. The van der Waals surface area contributed by atoms with Crippen LogP contribution in [-0.2, 0) is 12.8 Å². The smallest absolute Gasteiger partial charge is 0.0431 e. The maximum absolute atomic E-state index is 6.39. The van der Waals surface area contributed by atoms with Crippen LogP contribution in [0, 0.1) is 5.92 Å². The first-order chi connectivity index (χ1) is 9.15. The number of hydrogen-bond acceptors (Lipinski definition) is 2. The minimum Gasteiger partial charge on any atom is -0.371 e. The number of anilines is 1. The molecule has 0 amide bonds. The molecule has 1 aromatic carbocycles. The second kappa shape index (κ2) is 5.16. The Kier molecular flexibility index (Phi) is 3.53. The highest BCUT2D eigenvalue weighted by Gasteiger charge is 2.25. The van der Waals surface area contributed by atoms with Gasteiger partial charge < -0.3 is 10.6 Å². The zero-order valence-corrected chi connectivity index (χ0v) is 12.3. The molecule has 2 heteroatoms. The van der Waals surface area contributed by atoms with Crippen LogP contribution in [0.15, 0.2) is 12.1 Å². The van der Waals surface area contributed by atoms with Gasteiger partial charge in [0.15, 0.2) is 0 Å². The Hall–Kier alpha value is -1.02. The van der Waals surface area contributed by atoms with Crippen LogP contribution >= 0.6 is 0 Å². The molecule has 0 bridgehead atoms. The number of aryl methyl sites for hydroxylation is 2. The first kappa shape index (κ1) is 13.0. The normalized spacial score (nSPS) is 19.5. The highest BCUT2D eigenvalue weighted by Crippen LogP contribution is 2.37. The molecule has 0 fully saturated rings. The summed E-state index contributed by atoms with van der Waals surface area (Å²) in [5.41, 5.74) is 12.4. The van der Waals surface area contributed by atoms with Crippen LogP contribution in [0.3, 0.4) is 0 Å². The monoisotopic (exact) mass is 258 g/mol. The van der Waals surface area contributed by atoms with Crippen LogP contribution in [-0.4, -0.2) is 13.1 Å². The molecule has 2 heterocycles. The van der Waals surface area contributed by atoms with Crippen LogP contribution < -0.4 is 10.6 Å². The summed E-state index contributed by atoms with van der Waals surface area (Å²) in [6, 6.07) is 4.99. The Balaban J connectivity index is 1.96. The van der Waals surface area contributed by atoms with Crippen molar-refractivity contribution in [2.45, 2.75) is 52.0 Å². The second-order valence-corrected chi connectivity index (χ2v) is 6.62. The molecule has 1 aromatic rings. The molecule has 2 aliphatic heterocycles. The number of hydrogen-bond donors (Lipinski definition) is 1. The Morgan fingerprint density at radius 3 is 2.21 bits per heavy atom.